The zero-order valence-corrected chi connectivity index (χ0v) is 14.4. The molecular formula is C17H18N6O3. The van der Waals surface area contributed by atoms with Gasteiger partial charge in [0.2, 0.25) is 0 Å². The third-order valence-corrected chi connectivity index (χ3v) is 4.07. The zero-order valence-electron chi connectivity index (χ0n) is 14.4. The number of H-pyrrole nitrogens is 1. The minimum atomic E-state index is -0.797. The molecule has 0 bridgehead atoms. The van der Waals surface area contributed by atoms with Crippen molar-refractivity contribution in [1.29, 1.82) is 0 Å². The summed E-state index contributed by atoms with van der Waals surface area (Å²) in [6.45, 7) is 6.00. The van der Waals surface area contributed by atoms with Crippen LogP contribution in [0, 0.1) is 10.1 Å². The van der Waals surface area contributed by atoms with Gasteiger partial charge in [-0.15, -0.1) is 0 Å². The Balaban J connectivity index is 1.96. The van der Waals surface area contributed by atoms with Gasteiger partial charge in [0.25, 0.3) is 5.78 Å². The lowest BCUT2D eigenvalue weighted by Crippen LogP contribution is -2.21. The molecule has 0 unspecified atom stereocenters. The number of fused-ring (bicyclic) bond motifs is 1. The van der Waals surface area contributed by atoms with Crippen molar-refractivity contribution in [3.05, 3.63) is 62.3 Å². The predicted octanol–water partition coefficient (Wildman–Crippen LogP) is 2.34. The summed E-state index contributed by atoms with van der Waals surface area (Å²) in [6.07, 6.45) is 4.40. The van der Waals surface area contributed by atoms with E-state index in [2.05, 4.69) is 33.8 Å². The third-order valence-electron chi connectivity index (χ3n) is 4.07. The summed E-state index contributed by atoms with van der Waals surface area (Å²) in [5.74, 6) is 0.0807. The van der Waals surface area contributed by atoms with Gasteiger partial charge in [-0.05, 0) is 37.6 Å². The predicted molar refractivity (Wildman–Crippen MR) is 99.2 cm³/mol. The van der Waals surface area contributed by atoms with Crippen LogP contribution in [0.15, 0.2) is 35.4 Å². The van der Waals surface area contributed by atoms with E-state index in [1.807, 2.05) is 24.3 Å². The number of nitrogens with zero attached hydrogens (tertiary/aromatic N) is 5. The summed E-state index contributed by atoms with van der Waals surface area (Å²) in [5, 5.41) is 13.8. The second kappa shape index (κ2) is 7.18. The van der Waals surface area contributed by atoms with Gasteiger partial charge in [-0.2, -0.15) is 4.52 Å². The fraction of sp³-hybridized carbons (Fsp3) is 0.235. The first-order chi connectivity index (χ1) is 12.5. The molecule has 3 rings (SSSR count). The quantitative estimate of drug-likeness (QED) is 0.537. The van der Waals surface area contributed by atoms with Gasteiger partial charge in [0, 0.05) is 18.8 Å². The van der Waals surface area contributed by atoms with Gasteiger partial charge >= 0.3 is 11.2 Å². The maximum absolute atomic E-state index is 12.2. The van der Waals surface area contributed by atoms with Crippen LogP contribution < -0.4 is 10.5 Å². The molecular weight excluding hydrogens is 336 g/mol. The van der Waals surface area contributed by atoms with Gasteiger partial charge in [-0.3, -0.25) is 20.0 Å². The number of benzene rings is 1. The number of rotatable bonds is 6. The maximum atomic E-state index is 12.2. The van der Waals surface area contributed by atoms with Gasteiger partial charge < -0.3 is 4.90 Å². The molecule has 0 fully saturated rings. The standard InChI is InChI=1S/C17H18N6O3/c1-3-21(4-2)13-8-5-12(6-9-13)7-10-14-15(23(25)26)16(24)22-17(20-14)18-11-19-22/h5-11H,3-4H2,1-2H3,(H,18,19,20)/b10-7+. The number of aromatic nitrogens is 4. The Bertz CT molecular complexity index is 1020. The summed E-state index contributed by atoms with van der Waals surface area (Å²) in [6, 6.07) is 7.80. The molecule has 2 heterocycles. The average Bonchev–Trinajstić information content (AvgIpc) is 3.10. The molecule has 26 heavy (non-hydrogen) atoms. The molecule has 0 aliphatic heterocycles. The Labute approximate surface area is 148 Å². The highest BCUT2D eigenvalue weighted by molar-refractivity contribution is 5.73. The lowest BCUT2D eigenvalue weighted by atomic mass is 10.1. The molecule has 0 aliphatic carbocycles. The second-order valence-corrected chi connectivity index (χ2v) is 5.53. The van der Waals surface area contributed by atoms with Crippen LogP contribution in [0.5, 0.6) is 0 Å². The van der Waals surface area contributed by atoms with E-state index in [1.165, 1.54) is 12.4 Å². The fourth-order valence-corrected chi connectivity index (χ4v) is 2.71. The molecule has 0 spiro atoms. The third kappa shape index (κ3) is 3.18. The Morgan fingerprint density at radius 2 is 1.92 bits per heavy atom. The highest BCUT2D eigenvalue weighted by Crippen LogP contribution is 2.18. The summed E-state index contributed by atoms with van der Waals surface area (Å²) in [4.78, 5) is 33.0. The Morgan fingerprint density at radius 1 is 1.23 bits per heavy atom. The van der Waals surface area contributed by atoms with Crippen LogP contribution in [0.3, 0.4) is 0 Å². The van der Waals surface area contributed by atoms with Crippen molar-refractivity contribution in [2.75, 3.05) is 18.0 Å². The normalized spacial score (nSPS) is 11.3. The van der Waals surface area contributed by atoms with E-state index in [0.29, 0.717) is 0 Å². The summed E-state index contributed by atoms with van der Waals surface area (Å²) in [5.41, 5.74) is 0.531. The highest BCUT2D eigenvalue weighted by atomic mass is 16.6. The Morgan fingerprint density at radius 3 is 2.54 bits per heavy atom. The second-order valence-electron chi connectivity index (χ2n) is 5.53. The number of nitro groups is 1. The van der Waals surface area contributed by atoms with Gasteiger partial charge in [0.1, 0.15) is 6.33 Å². The van der Waals surface area contributed by atoms with Gasteiger partial charge in [0.15, 0.2) is 5.69 Å². The topological polar surface area (TPSA) is 109 Å². The molecule has 0 aliphatic rings. The number of anilines is 1. The smallest absolute Gasteiger partial charge is 0.361 e. The molecule has 3 aromatic rings. The molecule has 134 valence electrons. The van der Waals surface area contributed by atoms with Crippen molar-refractivity contribution in [3.8, 4) is 0 Å². The molecule has 0 amide bonds. The molecule has 1 N–H and O–H groups in total. The van der Waals surface area contributed by atoms with E-state index in [1.54, 1.807) is 6.08 Å². The number of hydrogen-bond donors (Lipinski definition) is 1. The first-order valence-corrected chi connectivity index (χ1v) is 8.18. The fourth-order valence-electron chi connectivity index (χ4n) is 2.71. The van der Waals surface area contributed by atoms with E-state index < -0.39 is 16.2 Å². The SMILES string of the molecule is CCN(CC)c1ccc(/C=C/c2nc3nc[nH]n3c(=O)c2[N+](=O)[O-])cc1. The van der Waals surface area contributed by atoms with Crippen LogP contribution in [-0.2, 0) is 0 Å². The Hall–Kier alpha value is -3.49. The minimum Gasteiger partial charge on any atom is -0.372 e. The van der Waals surface area contributed by atoms with Crippen LogP contribution in [0.1, 0.15) is 25.1 Å². The molecule has 0 radical (unpaired) electrons. The van der Waals surface area contributed by atoms with Crippen molar-refractivity contribution in [2.24, 2.45) is 0 Å². The lowest BCUT2D eigenvalue weighted by Gasteiger charge is -2.20. The van der Waals surface area contributed by atoms with Crippen LogP contribution >= 0.6 is 0 Å². The number of hydrogen-bond acceptors (Lipinski definition) is 6. The summed E-state index contributed by atoms with van der Waals surface area (Å²) < 4.78 is 0.939. The van der Waals surface area contributed by atoms with Crippen molar-refractivity contribution in [3.63, 3.8) is 0 Å². The van der Waals surface area contributed by atoms with Gasteiger partial charge in [-0.25, -0.2) is 9.97 Å². The van der Waals surface area contributed by atoms with Crippen LogP contribution in [-0.4, -0.2) is 37.6 Å². The number of aromatic amines is 1. The van der Waals surface area contributed by atoms with Crippen molar-refractivity contribution < 1.29 is 4.92 Å². The molecule has 2 aromatic heterocycles. The molecule has 1 aromatic carbocycles. The van der Waals surface area contributed by atoms with Gasteiger partial charge in [-0.1, -0.05) is 18.2 Å². The highest BCUT2D eigenvalue weighted by Gasteiger charge is 2.22. The van der Waals surface area contributed by atoms with E-state index in [0.717, 1.165) is 28.9 Å². The van der Waals surface area contributed by atoms with E-state index in [9.17, 15) is 14.9 Å². The maximum Gasteiger partial charge on any atom is 0.361 e. The van der Waals surface area contributed by atoms with Crippen LogP contribution in [0.4, 0.5) is 11.4 Å². The molecule has 0 saturated carbocycles. The van der Waals surface area contributed by atoms with Crippen LogP contribution in [0.2, 0.25) is 0 Å². The van der Waals surface area contributed by atoms with Gasteiger partial charge in [0.05, 0.1) is 4.92 Å². The van der Waals surface area contributed by atoms with Crippen molar-refractivity contribution in [2.45, 2.75) is 13.8 Å². The van der Waals surface area contributed by atoms with E-state index in [-0.39, 0.29) is 11.5 Å². The average molecular weight is 354 g/mol. The van der Waals surface area contributed by atoms with Crippen molar-refractivity contribution in [1.82, 2.24) is 19.6 Å². The zero-order chi connectivity index (χ0) is 18.7. The molecule has 0 atom stereocenters. The molecule has 9 nitrogen and oxygen atoms in total. The largest absolute Gasteiger partial charge is 0.372 e. The van der Waals surface area contributed by atoms with E-state index >= 15 is 0 Å². The molecule has 9 heteroatoms. The monoisotopic (exact) mass is 354 g/mol. The minimum absolute atomic E-state index is 0.0279. The number of nitrogens with one attached hydrogen (secondary N) is 1. The van der Waals surface area contributed by atoms with Crippen molar-refractivity contribution >= 4 is 29.3 Å². The first-order valence-electron chi connectivity index (χ1n) is 8.18. The first kappa shape index (κ1) is 17.3. The molecule has 0 saturated heterocycles. The summed E-state index contributed by atoms with van der Waals surface area (Å²) >= 11 is 0. The summed E-state index contributed by atoms with van der Waals surface area (Å²) in [7, 11) is 0. The Kier molecular flexibility index (Phi) is 4.78. The lowest BCUT2D eigenvalue weighted by molar-refractivity contribution is -0.386. The van der Waals surface area contributed by atoms with Crippen LogP contribution in [0.25, 0.3) is 17.9 Å². The van der Waals surface area contributed by atoms with E-state index in [4.69, 9.17) is 0 Å².